The molecule has 2 heterocycles. The first kappa shape index (κ1) is 19.7. The lowest BCUT2D eigenvalue weighted by atomic mass is 9.49. The van der Waals surface area contributed by atoms with Crippen molar-refractivity contribution < 1.29 is 4.79 Å². The maximum Gasteiger partial charge on any atom is 0.232 e. The van der Waals surface area contributed by atoms with Gasteiger partial charge in [0.15, 0.2) is 11.0 Å². The van der Waals surface area contributed by atoms with Crippen molar-refractivity contribution in [3.8, 4) is 22.0 Å². The van der Waals surface area contributed by atoms with Gasteiger partial charge in [-0.3, -0.25) is 4.79 Å². The number of carbonyl (C=O) groups is 1. The molecule has 7 rings (SSSR count). The Kier molecular flexibility index (Phi) is 4.45. The van der Waals surface area contributed by atoms with Gasteiger partial charge in [-0.1, -0.05) is 57.6 Å². The highest BCUT2D eigenvalue weighted by atomic mass is 79.9. The fourth-order valence-electron chi connectivity index (χ4n) is 6.55. The first-order chi connectivity index (χ1) is 14.9. The first-order valence-corrected chi connectivity index (χ1v) is 12.6. The molecule has 7 heteroatoms. The van der Waals surface area contributed by atoms with Gasteiger partial charge in [-0.25, -0.2) is 9.97 Å². The number of halogens is 1. The van der Waals surface area contributed by atoms with Gasteiger partial charge in [0, 0.05) is 29.3 Å². The topological polar surface area (TPSA) is 59.8 Å². The Balaban J connectivity index is 1.35. The molecule has 160 valence electrons. The number of nitrogens with zero attached hydrogens (tertiary/aromatic N) is 3. The van der Waals surface area contributed by atoms with Crippen LogP contribution in [0, 0.1) is 17.3 Å². The Morgan fingerprint density at radius 1 is 1.19 bits per heavy atom. The summed E-state index contributed by atoms with van der Waals surface area (Å²) in [4.78, 5) is 24.0. The quantitative estimate of drug-likeness (QED) is 0.458. The fourth-order valence-corrected chi connectivity index (χ4v) is 9.02. The van der Waals surface area contributed by atoms with Crippen molar-refractivity contribution in [3.05, 3.63) is 42.7 Å². The molecule has 4 fully saturated rings. The van der Waals surface area contributed by atoms with Crippen LogP contribution in [0.1, 0.15) is 38.5 Å². The Hall–Kier alpha value is -1.99. The van der Waals surface area contributed by atoms with E-state index in [9.17, 15) is 4.79 Å². The Labute approximate surface area is 194 Å². The number of imidazole rings is 1. The zero-order chi connectivity index (χ0) is 21.2. The molecule has 4 saturated carbocycles. The van der Waals surface area contributed by atoms with Gasteiger partial charge < -0.3 is 9.88 Å². The van der Waals surface area contributed by atoms with Crippen LogP contribution < -0.4 is 5.32 Å². The van der Waals surface area contributed by atoms with Crippen LogP contribution in [-0.2, 0) is 11.8 Å². The van der Waals surface area contributed by atoms with Gasteiger partial charge in [-0.05, 0) is 50.4 Å². The van der Waals surface area contributed by atoms with Crippen molar-refractivity contribution in [1.29, 1.82) is 0 Å². The predicted molar refractivity (Wildman–Crippen MR) is 127 cm³/mol. The summed E-state index contributed by atoms with van der Waals surface area (Å²) >= 11 is 5.54. The van der Waals surface area contributed by atoms with E-state index in [1.54, 1.807) is 6.20 Å². The molecule has 5 nitrogen and oxygen atoms in total. The molecule has 2 unspecified atom stereocenters. The van der Waals surface area contributed by atoms with E-state index in [1.165, 1.54) is 30.6 Å². The van der Waals surface area contributed by atoms with E-state index in [4.69, 9.17) is 4.98 Å². The van der Waals surface area contributed by atoms with Gasteiger partial charge in [-0.2, -0.15) is 0 Å². The van der Waals surface area contributed by atoms with E-state index in [2.05, 4.69) is 38.4 Å². The summed E-state index contributed by atoms with van der Waals surface area (Å²) < 4.78 is 2.16. The number of carbonyl (C=O) groups excluding carboxylic acids is 1. The summed E-state index contributed by atoms with van der Waals surface area (Å²) in [7, 11) is 1.99. The van der Waals surface area contributed by atoms with E-state index in [-0.39, 0.29) is 15.6 Å². The van der Waals surface area contributed by atoms with Gasteiger partial charge >= 0.3 is 0 Å². The minimum Gasteiger partial charge on any atom is -0.333 e. The van der Waals surface area contributed by atoms with Crippen LogP contribution in [0.2, 0.25) is 0 Å². The number of aromatic nitrogens is 3. The van der Waals surface area contributed by atoms with Crippen molar-refractivity contribution in [2.75, 3.05) is 5.32 Å². The highest BCUT2D eigenvalue weighted by Gasteiger charge is 2.59. The molecule has 2 atom stereocenters. The summed E-state index contributed by atoms with van der Waals surface area (Å²) in [6.45, 7) is 0. The zero-order valence-electron chi connectivity index (χ0n) is 17.5. The highest BCUT2D eigenvalue weighted by Crippen LogP contribution is 2.64. The normalized spacial score (nSPS) is 31.2. The van der Waals surface area contributed by atoms with Crippen LogP contribution >= 0.6 is 27.3 Å². The van der Waals surface area contributed by atoms with Crippen molar-refractivity contribution >= 4 is 38.3 Å². The predicted octanol–water partition coefficient (Wildman–Crippen LogP) is 5.88. The third-order valence-electron chi connectivity index (χ3n) is 7.39. The van der Waals surface area contributed by atoms with Crippen LogP contribution in [0.5, 0.6) is 0 Å². The zero-order valence-corrected chi connectivity index (χ0v) is 19.9. The standard InChI is InChI=1S/C24H25BrN4OS/c1-29-8-7-26-20(29)19-18(17-5-3-2-4-6-17)27-22(31-19)28-21(30)23-10-15-9-16(11-23)13-24(25,12-15)14-23/h2-8,15-16H,9-14H2,1H3,(H,27,28,30). The molecule has 1 aromatic carbocycles. The summed E-state index contributed by atoms with van der Waals surface area (Å²) in [6.07, 6.45) is 10.5. The fraction of sp³-hybridized carbons (Fsp3) is 0.458. The van der Waals surface area contributed by atoms with Gasteiger partial charge in [0.1, 0.15) is 0 Å². The van der Waals surface area contributed by atoms with Crippen LogP contribution in [0.3, 0.4) is 0 Å². The number of hydrogen-bond acceptors (Lipinski definition) is 4. The number of nitrogens with one attached hydrogen (secondary N) is 1. The SMILES string of the molecule is Cn1ccnc1-c1sc(NC(=O)C23CC4CC(CC(Br)(C4)C2)C3)nc1-c1ccccc1. The molecule has 2 aromatic heterocycles. The van der Waals surface area contributed by atoms with Crippen molar-refractivity contribution in [1.82, 2.24) is 14.5 Å². The monoisotopic (exact) mass is 496 g/mol. The lowest BCUT2D eigenvalue weighted by Crippen LogP contribution is -2.57. The number of amides is 1. The molecule has 31 heavy (non-hydrogen) atoms. The first-order valence-electron chi connectivity index (χ1n) is 11.0. The molecular formula is C24H25BrN4OS. The second-order valence-corrected chi connectivity index (χ2v) is 12.5. The average Bonchev–Trinajstić information content (AvgIpc) is 3.32. The number of aryl methyl sites for hydroxylation is 1. The summed E-state index contributed by atoms with van der Waals surface area (Å²) in [6, 6.07) is 10.1. The Morgan fingerprint density at radius 2 is 1.94 bits per heavy atom. The minimum absolute atomic E-state index is 0.157. The van der Waals surface area contributed by atoms with E-state index in [1.807, 2.05) is 36.0 Å². The molecule has 4 aliphatic rings. The number of alkyl halides is 1. The number of rotatable bonds is 4. The molecule has 1 N–H and O–H groups in total. The molecule has 0 radical (unpaired) electrons. The Bertz CT molecular complexity index is 1140. The van der Waals surface area contributed by atoms with E-state index in [0.29, 0.717) is 17.0 Å². The maximum atomic E-state index is 13.6. The molecule has 4 bridgehead atoms. The number of anilines is 1. The van der Waals surface area contributed by atoms with Gasteiger partial charge in [0.05, 0.1) is 16.0 Å². The van der Waals surface area contributed by atoms with E-state index in [0.717, 1.165) is 41.2 Å². The van der Waals surface area contributed by atoms with Crippen molar-refractivity contribution in [3.63, 3.8) is 0 Å². The summed E-state index contributed by atoms with van der Waals surface area (Å²) in [5, 5.41) is 3.91. The van der Waals surface area contributed by atoms with Crippen LogP contribution in [0.25, 0.3) is 22.0 Å². The number of benzene rings is 1. The molecule has 4 aliphatic carbocycles. The van der Waals surface area contributed by atoms with Crippen LogP contribution in [-0.4, -0.2) is 24.8 Å². The molecule has 3 aromatic rings. The second-order valence-electron chi connectivity index (χ2n) is 9.77. The Morgan fingerprint density at radius 3 is 2.58 bits per heavy atom. The second kappa shape index (κ2) is 7.01. The highest BCUT2D eigenvalue weighted by molar-refractivity contribution is 9.10. The van der Waals surface area contributed by atoms with Gasteiger partial charge in [-0.15, -0.1) is 0 Å². The lowest BCUT2D eigenvalue weighted by Gasteiger charge is -2.59. The minimum atomic E-state index is -0.254. The molecule has 0 spiro atoms. The van der Waals surface area contributed by atoms with Gasteiger partial charge in [0.25, 0.3) is 0 Å². The van der Waals surface area contributed by atoms with Crippen molar-refractivity contribution in [2.24, 2.45) is 24.3 Å². The van der Waals surface area contributed by atoms with E-state index >= 15 is 0 Å². The molecule has 0 aliphatic heterocycles. The maximum absolute atomic E-state index is 13.6. The van der Waals surface area contributed by atoms with E-state index < -0.39 is 0 Å². The van der Waals surface area contributed by atoms with Crippen LogP contribution in [0.15, 0.2) is 42.7 Å². The molecule has 1 amide bonds. The number of hydrogen-bond donors (Lipinski definition) is 1. The van der Waals surface area contributed by atoms with Crippen molar-refractivity contribution in [2.45, 2.75) is 42.8 Å². The summed E-state index contributed by atoms with van der Waals surface area (Å²) in [5.41, 5.74) is 1.65. The third kappa shape index (κ3) is 3.28. The lowest BCUT2D eigenvalue weighted by molar-refractivity contribution is -0.138. The third-order valence-corrected chi connectivity index (χ3v) is 9.29. The van der Waals surface area contributed by atoms with Crippen LogP contribution in [0.4, 0.5) is 5.13 Å². The largest absolute Gasteiger partial charge is 0.333 e. The van der Waals surface area contributed by atoms with Gasteiger partial charge in [0.2, 0.25) is 5.91 Å². The number of thiazole rings is 1. The average molecular weight is 497 g/mol. The summed E-state index contributed by atoms with van der Waals surface area (Å²) in [5.74, 6) is 2.37. The molecular weight excluding hydrogens is 472 g/mol. The molecule has 0 saturated heterocycles. The smallest absolute Gasteiger partial charge is 0.232 e.